The van der Waals surface area contributed by atoms with Gasteiger partial charge < -0.3 is 9.47 Å². The van der Waals surface area contributed by atoms with E-state index in [-0.39, 0.29) is 6.10 Å². The highest BCUT2D eigenvalue weighted by atomic mass is 16.5. The van der Waals surface area contributed by atoms with E-state index < -0.39 is 5.54 Å². The number of nitriles is 1. The topological polar surface area (TPSA) is 54.3 Å². The Morgan fingerprint density at radius 2 is 2.22 bits per heavy atom. The molecule has 1 saturated carbocycles. The summed E-state index contributed by atoms with van der Waals surface area (Å²) in [4.78, 5) is 0. The van der Waals surface area contributed by atoms with E-state index in [4.69, 9.17) is 9.47 Å². The van der Waals surface area contributed by atoms with Gasteiger partial charge in [-0.05, 0) is 39.5 Å². The molecule has 1 rings (SSSR count). The summed E-state index contributed by atoms with van der Waals surface area (Å²) in [5.74, 6) is 0. The van der Waals surface area contributed by atoms with Crippen molar-refractivity contribution in [1.82, 2.24) is 5.32 Å². The summed E-state index contributed by atoms with van der Waals surface area (Å²) in [5, 5.41) is 12.8. The zero-order chi connectivity index (χ0) is 13.4. The van der Waals surface area contributed by atoms with Crippen LogP contribution in [0.5, 0.6) is 0 Å². The predicted octanol–water partition coefficient (Wildman–Crippen LogP) is 2.24. The first-order valence-electron chi connectivity index (χ1n) is 6.91. The average molecular weight is 254 g/mol. The van der Waals surface area contributed by atoms with Gasteiger partial charge >= 0.3 is 0 Å². The van der Waals surface area contributed by atoms with Crippen LogP contribution in [0.3, 0.4) is 0 Å². The third-order valence-electron chi connectivity index (χ3n) is 3.33. The van der Waals surface area contributed by atoms with Crippen LogP contribution in [0.1, 0.15) is 46.0 Å². The van der Waals surface area contributed by atoms with Gasteiger partial charge in [-0.15, -0.1) is 0 Å². The lowest BCUT2D eigenvalue weighted by atomic mass is 9.80. The number of rotatable bonds is 7. The largest absolute Gasteiger partial charge is 0.385 e. The van der Waals surface area contributed by atoms with Crippen molar-refractivity contribution in [2.45, 2.75) is 63.6 Å². The quantitative estimate of drug-likeness (QED) is 0.708. The molecular formula is C14H26N2O2. The fourth-order valence-electron chi connectivity index (χ4n) is 2.64. The Bertz CT molecular complexity index is 275. The predicted molar refractivity (Wildman–Crippen MR) is 71.3 cm³/mol. The standard InChI is InChI=1S/C14H26N2O2/c1-12(2)16-14(11-15)7-4-6-13(10-14)18-9-5-8-17-3/h12-13,16H,4-10H2,1-3H3. The minimum absolute atomic E-state index is 0.210. The highest BCUT2D eigenvalue weighted by molar-refractivity contribution is 5.10. The summed E-state index contributed by atoms with van der Waals surface area (Å²) < 4.78 is 10.9. The number of methoxy groups -OCH3 is 1. The maximum absolute atomic E-state index is 9.43. The molecule has 0 aromatic carbocycles. The summed E-state index contributed by atoms with van der Waals surface area (Å²) in [7, 11) is 1.70. The first kappa shape index (κ1) is 15.4. The lowest BCUT2D eigenvalue weighted by Gasteiger charge is -2.37. The van der Waals surface area contributed by atoms with Gasteiger partial charge in [0, 0.05) is 32.8 Å². The molecule has 0 saturated heterocycles. The maximum atomic E-state index is 9.43. The molecule has 1 aliphatic carbocycles. The Hall–Kier alpha value is -0.630. The molecule has 0 heterocycles. The molecule has 18 heavy (non-hydrogen) atoms. The Morgan fingerprint density at radius 1 is 1.44 bits per heavy atom. The fourth-order valence-corrected chi connectivity index (χ4v) is 2.64. The van der Waals surface area contributed by atoms with Crippen molar-refractivity contribution < 1.29 is 9.47 Å². The molecule has 2 atom stereocenters. The summed E-state index contributed by atoms with van der Waals surface area (Å²) in [6.07, 6.45) is 4.98. The second kappa shape index (κ2) is 7.73. The number of hydrogen-bond acceptors (Lipinski definition) is 4. The van der Waals surface area contributed by atoms with Gasteiger partial charge in [-0.3, -0.25) is 5.32 Å². The van der Waals surface area contributed by atoms with E-state index in [9.17, 15) is 5.26 Å². The molecule has 1 N–H and O–H groups in total. The number of nitrogens with one attached hydrogen (secondary N) is 1. The van der Waals surface area contributed by atoms with Crippen molar-refractivity contribution in [2.75, 3.05) is 20.3 Å². The molecule has 0 bridgehead atoms. The smallest absolute Gasteiger partial charge is 0.109 e. The Balaban J connectivity index is 2.41. The summed E-state index contributed by atoms with van der Waals surface area (Å²) in [5.41, 5.74) is -0.391. The van der Waals surface area contributed by atoms with Gasteiger partial charge in [0.1, 0.15) is 5.54 Å². The minimum atomic E-state index is -0.391. The highest BCUT2D eigenvalue weighted by Gasteiger charge is 2.37. The molecule has 0 aromatic rings. The molecule has 0 aromatic heterocycles. The van der Waals surface area contributed by atoms with E-state index in [1.54, 1.807) is 7.11 Å². The van der Waals surface area contributed by atoms with Gasteiger partial charge in [-0.2, -0.15) is 5.26 Å². The molecule has 1 aliphatic rings. The van der Waals surface area contributed by atoms with Gasteiger partial charge in [-0.1, -0.05) is 0 Å². The van der Waals surface area contributed by atoms with Crippen LogP contribution in [0.4, 0.5) is 0 Å². The number of nitrogens with zero attached hydrogens (tertiary/aromatic N) is 1. The zero-order valence-electron chi connectivity index (χ0n) is 11.9. The number of ether oxygens (including phenoxy) is 2. The van der Waals surface area contributed by atoms with E-state index >= 15 is 0 Å². The van der Waals surface area contributed by atoms with E-state index in [2.05, 4.69) is 25.2 Å². The average Bonchev–Trinajstić information content (AvgIpc) is 2.34. The van der Waals surface area contributed by atoms with Crippen molar-refractivity contribution >= 4 is 0 Å². The molecule has 0 aliphatic heterocycles. The fraction of sp³-hybridized carbons (Fsp3) is 0.929. The van der Waals surface area contributed by atoms with Crippen LogP contribution in [-0.4, -0.2) is 38.0 Å². The minimum Gasteiger partial charge on any atom is -0.385 e. The lowest BCUT2D eigenvalue weighted by molar-refractivity contribution is 0.0000996. The molecule has 4 nitrogen and oxygen atoms in total. The maximum Gasteiger partial charge on any atom is 0.109 e. The van der Waals surface area contributed by atoms with Crippen molar-refractivity contribution in [3.63, 3.8) is 0 Å². The normalized spacial score (nSPS) is 28.3. The van der Waals surface area contributed by atoms with E-state index in [1.807, 2.05) is 0 Å². The van der Waals surface area contributed by atoms with Crippen LogP contribution in [0.15, 0.2) is 0 Å². The van der Waals surface area contributed by atoms with Crippen LogP contribution in [0, 0.1) is 11.3 Å². The van der Waals surface area contributed by atoms with Crippen LogP contribution < -0.4 is 5.32 Å². The second-order valence-electron chi connectivity index (χ2n) is 5.43. The van der Waals surface area contributed by atoms with E-state index in [1.165, 1.54) is 0 Å². The number of hydrogen-bond donors (Lipinski definition) is 1. The Labute approximate surface area is 111 Å². The third-order valence-corrected chi connectivity index (χ3v) is 3.33. The third kappa shape index (κ3) is 4.93. The molecule has 0 radical (unpaired) electrons. The molecule has 104 valence electrons. The molecule has 4 heteroatoms. The van der Waals surface area contributed by atoms with Crippen molar-refractivity contribution in [2.24, 2.45) is 0 Å². The van der Waals surface area contributed by atoms with Gasteiger partial charge in [-0.25, -0.2) is 0 Å². The Morgan fingerprint density at radius 3 is 2.83 bits per heavy atom. The molecule has 0 amide bonds. The molecule has 0 spiro atoms. The van der Waals surface area contributed by atoms with Crippen LogP contribution in [0.25, 0.3) is 0 Å². The van der Waals surface area contributed by atoms with Crippen molar-refractivity contribution in [1.29, 1.82) is 5.26 Å². The van der Waals surface area contributed by atoms with E-state index in [0.29, 0.717) is 6.04 Å². The summed E-state index contributed by atoms with van der Waals surface area (Å²) in [6, 6.07) is 2.79. The van der Waals surface area contributed by atoms with Gasteiger partial charge in [0.2, 0.25) is 0 Å². The lowest BCUT2D eigenvalue weighted by Crippen LogP contribution is -2.52. The van der Waals surface area contributed by atoms with Crippen LogP contribution >= 0.6 is 0 Å². The monoisotopic (exact) mass is 254 g/mol. The molecule has 1 fully saturated rings. The molecule has 2 unspecified atom stereocenters. The van der Waals surface area contributed by atoms with Gasteiger partial charge in [0.15, 0.2) is 0 Å². The van der Waals surface area contributed by atoms with E-state index in [0.717, 1.165) is 45.3 Å². The molecular weight excluding hydrogens is 228 g/mol. The van der Waals surface area contributed by atoms with Gasteiger partial charge in [0.25, 0.3) is 0 Å². The van der Waals surface area contributed by atoms with Gasteiger partial charge in [0.05, 0.1) is 12.2 Å². The highest BCUT2D eigenvalue weighted by Crippen LogP contribution is 2.30. The summed E-state index contributed by atoms with van der Waals surface area (Å²) >= 11 is 0. The van der Waals surface area contributed by atoms with Crippen molar-refractivity contribution in [3.05, 3.63) is 0 Å². The van der Waals surface area contributed by atoms with Crippen LogP contribution in [0.2, 0.25) is 0 Å². The second-order valence-corrected chi connectivity index (χ2v) is 5.43. The van der Waals surface area contributed by atoms with Crippen molar-refractivity contribution in [3.8, 4) is 6.07 Å². The van der Waals surface area contributed by atoms with Crippen LogP contribution in [-0.2, 0) is 9.47 Å². The first-order valence-corrected chi connectivity index (χ1v) is 6.91. The SMILES string of the molecule is COCCCOC1CCCC(C#N)(NC(C)C)C1. The summed E-state index contributed by atoms with van der Waals surface area (Å²) in [6.45, 7) is 5.63. The zero-order valence-corrected chi connectivity index (χ0v) is 11.9. The first-order chi connectivity index (χ1) is 8.62. The Kier molecular flexibility index (Phi) is 6.62.